The lowest BCUT2D eigenvalue weighted by Crippen LogP contribution is -2.29. The van der Waals surface area contributed by atoms with Gasteiger partial charge >= 0.3 is 0 Å². The van der Waals surface area contributed by atoms with E-state index in [4.69, 9.17) is 4.98 Å². The van der Waals surface area contributed by atoms with Crippen LogP contribution in [0.1, 0.15) is 29.8 Å². The van der Waals surface area contributed by atoms with E-state index >= 15 is 0 Å². The highest BCUT2D eigenvalue weighted by molar-refractivity contribution is 7.09. The van der Waals surface area contributed by atoms with Crippen LogP contribution in [0.5, 0.6) is 0 Å². The molecule has 0 radical (unpaired) electrons. The van der Waals surface area contributed by atoms with Gasteiger partial charge in [0, 0.05) is 17.4 Å². The molecule has 2 aromatic rings. The summed E-state index contributed by atoms with van der Waals surface area (Å²) in [6.07, 6.45) is 4.07. The summed E-state index contributed by atoms with van der Waals surface area (Å²) < 4.78 is 0. The fourth-order valence-corrected chi connectivity index (χ4v) is 3.42. The van der Waals surface area contributed by atoms with E-state index in [1.54, 1.807) is 11.3 Å². The summed E-state index contributed by atoms with van der Waals surface area (Å²) in [7, 11) is 0. The molecule has 19 heavy (non-hydrogen) atoms. The molecule has 0 spiro atoms. The van der Waals surface area contributed by atoms with E-state index in [-0.39, 0.29) is 5.41 Å². The molecular formula is C16H16N2S. The molecule has 0 atom stereocenters. The zero-order valence-corrected chi connectivity index (χ0v) is 11.8. The number of nitrogens with zero attached hydrogens (tertiary/aromatic N) is 2. The zero-order chi connectivity index (χ0) is 13.3. The molecule has 1 aromatic heterocycles. The minimum atomic E-state index is -0.123. The Kier molecular flexibility index (Phi) is 3.12. The number of nitriles is 1. The molecule has 1 saturated carbocycles. The smallest absolute Gasteiger partial charge is 0.0948 e. The summed E-state index contributed by atoms with van der Waals surface area (Å²) >= 11 is 1.68. The van der Waals surface area contributed by atoms with Crippen molar-refractivity contribution in [2.75, 3.05) is 0 Å². The van der Waals surface area contributed by atoms with Crippen molar-refractivity contribution >= 4 is 11.3 Å². The predicted molar refractivity (Wildman–Crippen MR) is 77.9 cm³/mol. The first-order chi connectivity index (χ1) is 9.21. The number of aryl methyl sites for hydroxylation is 1. The van der Waals surface area contributed by atoms with E-state index in [2.05, 4.69) is 42.6 Å². The van der Waals surface area contributed by atoms with Crippen molar-refractivity contribution in [3.63, 3.8) is 0 Å². The van der Waals surface area contributed by atoms with Gasteiger partial charge in [0.25, 0.3) is 0 Å². The van der Waals surface area contributed by atoms with Crippen molar-refractivity contribution in [2.45, 2.75) is 32.6 Å². The maximum absolute atomic E-state index is 9.28. The van der Waals surface area contributed by atoms with E-state index < -0.39 is 0 Å². The topological polar surface area (TPSA) is 36.7 Å². The number of benzene rings is 1. The lowest BCUT2D eigenvalue weighted by Gasteiger charge is -2.34. The van der Waals surface area contributed by atoms with Gasteiger partial charge in [-0.1, -0.05) is 36.2 Å². The Bertz CT molecular complexity index is 615. The number of rotatable bonds is 3. The number of thiazole rings is 1. The van der Waals surface area contributed by atoms with Gasteiger partial charge in [-0.3, -0.25) is 0 Å². The van der Waals surface area contributed by atoms with Crippen molar-refractivity contribution in [3.05, 3.63) is 40.2 Å². The van der Waals surface area contributed by atoms with Crippen LogP contribution in [-0.2, 0) is 6.42 Å². The maximum Gasteiger partial charge on any atom is 0.0948 e. The molecule has 1 fully saturated rings. The summed E-state index contributed by atoms with van der Waals surface area (Å²) in [4.78, 5) is 4.69. The van der Waals surface area contributed by atoms with Crippen LogP contribution in [0.4, 0.5) is 0 Å². The third-order valence-corrected chi connectivity index (χ3v) is 4.79. The third kappa shape index (κ3) is 2.41. The van der Waals surface area contributed by atoms with Gasteiger partial charge in [-0.15, -0.1) is 11.3 Å². The Morgan fingerprint density at radius 2 is 2.05 bits per heavy atom. The molecule has 1 heterocycles. The Morgan fingerprint density at radius 1 is 1.32 bits per heavy atom. The summed E-state index contributed by atoms with van der Waals surface area (Å²) in [6, 6.07) is 10.9. The standard InChI is InChI=1S/C16H16N2S/c1-12-3-5-13(6-4-12)14-10-19-15(18-14)9-16(11-17)7-2-8-16/h3-6,10H,2,7-9H2,1H3. The van der Waals surface area contributed by atoms with Crippen LogP contribution in [0.25, 0.3) is 11.3 Å². The van der Waals surface area contributed by atoms with Crippen molar-refractivity contribution in [1.29, 1.82) is 5.26 Å². The van der Waals surface area contributed by atoms with Crippen LogP contribution in [0.15, 0.2) is 29.6 Å². The second-order valence-corrected chi connectivity index (χ2v) is 6.36. The van der Waals surface area contributed by atoms with Crippen molar-refractivity contribution in [3.8, 4) is 17.3 Å². The molecule has 3 heteroatoms. The average Bonchev–Trinajstić information content (AvgIpc) is 2.83. The number of hydrogen-bond acceptors (Lipinski definition) is 3. The minimum absolute atomic E-state index is 0.123. The fourth-order valence-electron chi connectivity index (χ4n) is 2.47. The van der Waals surface area contributed by atoms with Crippen LogP contribution >= 0.6 is 11.3 Å². The summed E-state index contributed by atoms with van der Waals surface area (Å²) in [5, 5.41) is 12.5. The molecule has 0 unspecified atom stereocenters. The molecule has 0 bridgehead atoms. The van der Waals surface area contributed by atoms with Gasteiger partial charge in [-0.05, 0) is 19.8 Å². The summed E-state index contributed by atoms with van der Waals surface area (Å²) in [6.45, 7) is 2.09. The fraction of sp³-hybridized carbons (Fsp3) is 0.375. The van der Waals surface area contributed by atoms with Gasteiger partial charge in [-0.25, -0.2) is 4.98 Å². The predicted octanol–water partition coefficient (Wildman–Crippen LogP) is 4.35. The van der Waals surface area contributed by atoms with E-state index in [9.17, 15) is 5.26 Å². The highest BCUT2D eigenvalue weighted by Crippen LogP contribution is 2.43. The van der Waals surface area contributed by atoms with Gasteiger partial charge in [0.15, 0.2) is 0 Å². The monoisotopic (exact) mass is 268 g/mol. The second-order valence-electron chi connectivity index (χ2n) is 5.41. The Labute approximate surface area is 117 Å². The second kappa shape index (κ2) is 4.79. The van der Waals surface area contributed by atoms with E-state index in [0.717, 1.165) is 35.5 Å². The minimum Gasteiger partial charge on any atom is -0.241 e. The number of aromatic nitrogens is 1. The average molecular weight is 268 g/mol. The maximum atomic E-state index is 9.28. The first-order valence-electron chi connectivity index (χ1n) is 6.63. The van der Waals surface area contributed by atoms with Crippen molar-refractivity contribution in [1.82, 2.24) is 4.98 Å². The third-order valence-electron chi connectivity index (χ3n) is 3.94. The lowest BCUT2D eigenvalue weighted by atomic mass is 9.68. The van der Waals surface area contributed by atoms with Crippen LogP contribution in [0, 0.1) is 23.7 Å². The van der Waals surface area contributed by atoms with Crippen molar-refractivity contribution in [2.24, 2.45) is 5.41 Å². The molecule has 3 rings (SSSR count). The molecule has 1 aliphatic rings. The molecule has 0 N–H and O–H groups in total. The van der Waals surface area contributed by atoms with Gasteiger partial charge < -0.3 is 0 Å². The first kappa shape index (κ1) is 12.4. The molecule has 96 valence electrons. The molecular weight excluding hydrogens is 252 g/mol. The lowest BCUT2D eigenvalue weighted by molar-refractivity contribution is 0.214. The normalized spacial score (nSPS) is 16.6. The Morgan fingerprint density at radius 3 is 2.63 bits per heavy atom. The van der Waals surface area contributed by atoms with Gasteiger partial charge in [0.05, 0.1) is 22.2 Å². The molecule has 0 aliphatic heterocycles. The highest BCUT2D eigenvalue weighted by atomic mass is 32.1. The first-order valence-corrected chi connectivity index (χ1v) is 7.51. The zero-order valence-electron chi connectivity index (χ0n) is 11.0. The van der Waals surface area contributed by atoms with Gasteiger partial charge in [0.1, 0.15) is 0 Å². The van der Waals surface area contributed by atoms with Crippen molar-refractivity contribution < 1.29 is 0 Å². The van der Waals surface area contributed by atoms with E-state index in [1.165, 1.54) is 12.0 Å². The highest BCUT2D eigenvalue weighted by Gasteiger charge is 2.38. The van der Waals surface area contributed by atoms with E-state index in [1.807, 2.05) is 0 Å². The van der Waals surface area contributed by atoms with Crippen LogP contribution in [-0.4, -0.2) is 4.98 Å². The van der Waals surface area contributed by atoms with Crippen LogP contribution < -0.4 is 0 Å². The molecule has 0 amide bonds. The molecule has 1 aromatic carbocycles. The summed E-state index contributed by atoms with van der Waals surface area (Å²) in [5.41, 5.74) is 3.33. The molecule has 0 saturated heterocycles. The molecule has 2 nitrogen and oxygen atoms in total. The Balaban J connectivity index is 1.80. The number of hydrogen-bond donors (Lipinski definition) is 0. The Hall–Kier alpha value is -1.66. The quantitative estimate of drug-likeness (QED) is 0.829. The molecule has 1 aliphatic carbocycles. The van der Waals surface area contributed by atoms with Crippen LogP contribution in [0.2, 0.25) is 0 Å². The largest absolute Gasteiger partial charge is 0.241 e. The van der Waals surface area contributed by atoms with Gasteiger partial charge in [0.2, 0.25) is 0 Å². The summed E-state index contributed by atoms with van der Waals surface area (Å²) in [5.74, 6) is 0. The van der Waals surface area contributed by atoms with Crippen LogP contribution in [0.3, 0.4) is 0 Å². The van der Waals surface area contributed by atoms with Gasteiger partial charge in [-0.2, -0.15) is 5.26 Å². The SMILES string of the molecule is Cc1ccc(-c2csc(CC3(C#N)CCC3)n2)cc1. The van der Waals surface area contributed by atoms with E-state index in [0.29, 0.717) is 0 Å².